The first-order valence-corrected chi connectivity index (χ1v) is 5.68. The second kappa shape index (κ2) is 5.32. The van der Waals surface area contributed by atoms with Crippen LogP contribution >= 0.6 is 11.6 Å². The third-order valence-corrected chi connectivity index (χ3v) is 2.72. The molecule has 16 heavy (non-hydrogen) atoms. The van der Waals surface area contributed by atoms with E-state index in [0.717, 1.165) is 19.4 Å². The van der Waals surface area contributed by atoms with Gasteiger partial charge in [-0.25, -0.2) is 4.79 Å². The van der Waals surface area contributed by atoms with Gasteiger partial charge >= 0.3 is 5.97 Å². The summed E-state index contributed by atoms with van der Waals surface area (Å²) in [5.41, 5.74) is 0.477. The van der Waals surface area contributed by atoms with Crippen molar-refractivity contribution in [2.45, 2.75) is 18.9 Å². The van der Waals surface area contributed by atoms with Gasteiger partial charge in [-0.2, -0.15) is 0 Å². The summed E-state index contributed by atoms with van der Waals surface area (Å²) in [5, 5.41) is 0.534. The number of carbonyl (C=O) groups is 1. The van der Waals surface area contributed by atoms with Gasteiger partial charge in [0.15, 0.2) is 0 Å². The molecule has 4 heteroatoms. The van der Waals surface area contributed by atoms with Crippen LogP contribution in [0.2, 0.25) is 5.02 Å². The Kier molecular flexibility index (Phi) is 3.80. The van der Waals surface area contributed by atoms with Crippen molar-refractivity contribution in [2.75, 3.05) is 13.2 Å². The molecule has 0 aromatic heterocycles. The molecule has 3 nitrogen and oxygen atoms in total. The van der Waals surface area contributed by atoms with Gasteiger partial charge in [0, 0.05) is 11.6 Å². The average molecular weight is 241 g/mol. The van der Waals surface area contributed by atoms with Gasteiger partial charge in [-0.1, -0.05) is 17.7 Å². The van der Waals surface area contributed by atoms with Crippen LogP contribution in [0, 0.1) is 0 Å². The van der Waals surface area contributed by atoms with Gasteiger partial charge in [-0.3, -0.25) is 0 Å². The van der Waals surface area contributed by atoms with E-state index >= 15 is 0 Å². The van der Waals surface area contributed by atoms with Crippen molar-refractivity contribution in [3.63, 3.8) is 0 Å². The Morgan fingerprint density at radius 3 is 3.12 bits per heavy atom. The Morgan fingerprint density at radius 2 is 2.44 bits per heavy atom. The number of benzene rings is 1. The van der Waals surface area contributed by atoms with Gasteiger partial charge in [0.25, 0.3) is 0 Å². The lowest BCUT2D eigenvalue weighted by molar-refractivity contribution is 0.0161. The number of esters is 1. The zero-order chi connectivity index (χ0) is 11.4. The molecule has 1 atom stereocenters. The van der Waals surface area contributed by atoms with Crippen molar-refractivity contribution in [3.05, 3.63) is 34.9 Å². The lowest BCUT2D eigenvalue weighted by Crippen LogP contribution is -2.17. The molecule has 1 saturated heterocycles. The number of hydrogen-bond acceptors (Lipinski definition) is 3. The molecule has 1 aromatic rings. The molecule has 1 aromatic carbocycles. The molecule has 86 valence electrons. The SMILES string of the molecule is O=C(OCC1CCCO1)c1cccc(Cl)c1. The second-order valence-corrected chi connectivity index (χ2v) is 4.18. The van der Waals surface area contributed by atoms with Crippen molar-refractivity contribution in [1.29, 1.82) is 0 Å². The summed E-state index contributed by atoms with van der Waals surface area (Å²) in [6.07, 6.45) is 2.06. The van der Waals surface area contributed by atoms with E-state index < -0.39 is 0 Å². The van der Waals surface area contributed by atoms with Crippen LogP contribution in [0.15, 0.2) is 24.3 Å². The lowest BCUT2D eigenvalue weighted by atomic mass is 10.2. The highest BCUT2D eigenvalue weighted by Crippen LogP contribution is 2.14. The molecular weight excluding hydrogens is 228 g/mol. The Bertz CT molecular complexity index is 372. The summed E-state index contributed by atoms with van der Waals surface area (Å²) in [5.74, 6) is -0.349. The normalized spacial score (nSPS) is 19.7. The fraction of sp³-hybridized carbons (Fsp3) is 0.417. The van der Waals surface area contributed by atoms with Gasteiger partial charge in [0.05, 0.1) is 11.7 Å². The second-order valence-electron chi connectivity index (χ2n) is 3.74. The van der Waals surface area contributed by atoms with E-state index in [9.17, 15) is 4.79 Å². The summed E-state index contributed by atoms with van der Waals surface area (Å²) in [4.78, 5) is 11.6. The number of hydrogen-bond donors (Lipinski definition) is 0. The first kappa shape index (κ1) is 11.4. The molecule has 0 bridgehead atoms. The zero-order valence-corrected chi connectivity index (χ0v) is 9.57. The van der Waals surface area contributed by atoms with E-state index in [0.29, 0.717) is 17.2 Å². The topological polar surface area (TPSA) is 35.5 Å². The third-order valence-electron chi connectivity index (χ3n) is 2.48. The van der Waals surface area contributed by atoms with Crippen LogP contribution in [0.25, 0.3) is 0 Å². The Labute approximate surface area is 99.3 Å². The average Bonchev–Trinajstić information content (AvgIpc) is 2.78. The van der Waals surface area contributed by atoms with Crippen molar-refractivity contribution >= 4 is 17.6 Å². The summed E-state index contributed by atoms with van der Waals surface area (Å²) in [7, 11) is 0. The molecule has 0 saturated carbocycles. The molecule has 1 aliphatic heterocycles. The zero-order valence-electron chi connectivity index (χ0n) is 8.82. The van der Waals surface area contributed by atoms with Crippen LogP contribution in [-0.4, -0.2) is 25.3 Å². The van der Waals surface area contributed by atoms with Gasteiger partial charge < -0.3 is 9.47 Å². The molecule has 0 aliphatic carbocycles. The van der Waals surface area contributed by atoms with Gasteiger partial charge in [0.2, 0.25) is 0 Å². The van der Waals surface area contributed by atoms with Gasteiger partial charge in [-0.15, -0.1) is 0 Å². The highest BCUT2D eigenvalue weighted by molar-refractivity contribution is 6.30. The Balaban J connectivity index is 1.87. The molecule has 1 unspecified atom stereocenters. The number of carbonyl (C=O) groups excluding carboxylic acids is 1. The third kappa shape index (κ3) is 2.97. The highest BCUT2D eigenvalue weighted by atomic mass is 35.5. The fourth-order valence-corrected chi connectivity index (χ4v) is 1.83. The van der Waals surface area contributed by atoms with E-state index in [1.165, 1.54) is 0 Å². The standard InChI is InChI=1S/C12H13ClO3/c13-10-4-1-3-9(7-10)12(14)16-8-11-5-2-6-15-11/h1,3-4,7,11H,2,5-6,8H2. The quantitative estimate of drug-likeness (QED) is 0.762. The van der Waals surface area contributed by atoms with Gasteiger partial charge in [-0.05, 0) is 31.0 Å². The van der Waals surface area contributed by atoms with E-state index in [1.54, 1.807) is 24.3 Å². The van der Waals surface area contributed by atoms with Crippen LogP contribution in [0.1, 0.15) is 23.2 Å². The Hall–Kier alpha value is -1.06. The number of halogens is 1. The molecule has 0 N–H and O–H groups in total. The first-order valence-electron chi connectivity index (χ1n) is 5.30. The lowest BCUT2D eigenvalue weighted by Gasteiger charge is -2.10. The smallest absolute Gasteiger partial charge is 0.338 e. The van der Waals surface area contributed by atoms with Crippen molar-refractivity contribution in [3.8, 4) is 0 Å². The molecule has 1 aliphatic rings. The molecule has 1 fully saturated rings. The van der Waals surface area contributed by atoms with E-state index in [1.807, 2.05) is 0 Å². The van der Waals surface area contributed by atoms with Crippen LogP contribution in [0.5, 0.6) is 0 Å². The summed E-state index contributed by atoms with van der Waals surface area (Å²) < 4.78 is 10.5. The molecule has 0 radical (unpaired) electrons. The molecule has 0 amide bonds. The largest absolute Gasteiger partial charge is 0.459 e. The maximum atomic E-state index is 11.6. The molecule has 1 heterocycles. The van der Waals surface area contributed by atoms with Crippen LogP contribution in [0.3, 0.4) is 0 Å². The van der Waals surface area contributed by atoms with Crippen molar-refractivity contribution in [1.82, 2.24) is 0 Å². The Morgan fingerprint density at radius 1 is 1.56 bits per heavy atom. The predicted octanol–water partition coefficient (Wildman–Crippen LogP) is 2.68. The number of ether oxygens (including phenoxy) is 2. The predicted molar refractivity (Wildman–Crippen MR) is 60.7 cm³/mol. The van der Waals surface area contributed by atoms with E-state index in [-0.39, 0.29) is 12.1 Å². The van der Waals surface area contributed by atoms with Gasteiger partial charge in [0.1, 0.15) is 6.61 Å². The highest BCUT2D eigenvalue weighted by Gasteiger charge is 2.18. The molecule has 2 rings (SSSR count). The fourth-order valence-electron chi connectivity index (χ4n) is 1.64. The maximum Gasteiger partial charge on any atom is 0.338 e. The summed E-state index contributed by atoms with van der Waals surface area (Å²) in [6, 6.07) is 6.73. The minimum Gasteiger partial charge on any atom is -0.459 e. The minimum atomic E-state index is -0.349. The summed E-state index contributed by atoms with van der Waals surface area (Å²) >= 11 is 5.78. The van der Waals surface area contributed by atoms with Crippen molar-refractivity contribution < 1.29 is 14.3 Å². The summed E-state index contributed by atoms with van der Waals surface area (Å²) in [6.45, 7) is 1.09. The minimum absolute atomic E-state index is 0.0585. The molecule has 0 spiro atoms. The van der Waals surface area contributed by atoms with Crippen LogP contribution in [0.4, 0.5) is 0 Å². The van der Waals surface area contributed by atoms with Crippen molar-refractivity contribution in [2.24, 2.45) is 0 Å². The first-order chi connectivity index (χ1) is 7.75. The van der Waals surface area contributed by atoms with E-state index in [4.69, 9.17) is 21.1 Å². The van der Waals surface area contributed by atoms with Crippen LogP contribution < -0.4 is 0 Å². The maximum absolute atomic E-state index is 11.6. The van der Waals surface area contributed by atoms with Crippen LogP contribution in [-0.2, 0) is 9.47 Å². The molecular formula is C12H13ClO3. The number of rotatable bonds is 3. The monoisotopic (exact) mass is 240 g/mol. The van der Waals surface area contributed by atoms with E-state index in [2.05, 4.69) is 0 Å².